The summed E-state index contributed by atoms with van der Waals surface area (Å²) in [5.74, 6) is 0.0625. The number of nitrogens with one attached hydrogen (secondary N) is 2. The van der Waals surface area contributed by atoms with Crippen LogP contribution >= 0.6 is 0 Å². The Labute approximate surface area is 106 Å². The minimum absolute atomic E-state index is 0.00739. The van der Waals surface area contributed by atoms with Gasteiger partial charge in [-0.15, -0.1) is 0 Å². The van der Waals surface area contributed by atoms with Crippen molar-refractivity contribution >= 4 is 5.91 Å². The summed E-state index contributed by atoms with van der Waals surface area (Å²) in [5, 5.41) is 9.56. The van der Waals surface area contributed by atoms with Crippen LogP contribution in [0.4, 0.5) is 0 Å². The maximum Gasteiger partial charge on any atom is 0.220 e. The molecule has 1 aromatic heterocycles. The third-order valence-electron chi connectivity index (χ3n) is 2.88. The predicted octanol–water partition coefficient (Wildman–Crippen LogP) is 2.22. The van der Waals surface area contributed by atoms with Gasteiger partial charge >= 0.3 is 0 Å². The first kappa shape index (κ1) is 12.4. The van der Waals surface area contributed by atoms with E-state index in [9.17, 15) is 4.79 Å². The van der Waals surface area contributed by atoms with Crippen LogP contribution in [0.15, 0.2) is 42.7 Å². The topological polar surface area (TPSA) is 57.8 Å². The molecule has 0 aliphatic heterocycles. The Hall–Kier alpha value is -2.10. The van der Waals surface area contributed by atoms with E-state index in [4.69, 9.17) is 0 Å². The second-order valence-corrected chi connectivity index (χ2v) is 4.31. The summed E-state index contributed by atoms with van der Waals surface area (Å²) in [6, 6.07) is 10.0. The number of aryl methyl sites for hydroxylation is 1. The number of H-pyrrole nitrogens is 1. The molecule has 4 nitrogen and oxygen atoms in total. The number of aromatic nitrogens is 2. The zero-order chi connectivity index (χ0) is 12.8. The lowest BCUT2D eigenvalue weighted by Crippen LogP contribution is -2.26. The highest BCUT2D eigenvalue weighted by Gasteiger charge is 2.10. The van der Waals surface area contributed by atoms with E-state index in [1.807, 2.05) is 37.3 Å². The minimum atomic E-state index is -0.00739. The van der Waals surface area contributed by atoms with Crippen molar-refractivity contribution in [1.29, 1.82) is 0 Å². The van der Waals surface area contributed by atoms with Crippen molar-refractivity contribution in [3.8, 4) is 0 Å². The van der Waals surface area contributed by atoms with Crippen molar-refractivity contribution in [2.45, 2.75) is 25.8 Å². The van der Waals surface area contributed by atoms with Gasteiger partial charge < -0.3 is 5.32 Å². The van der Waals surface area contributed by atoms with Crippen LogP contribution in [0.2, 0.25) is 0 Å². The van der Waals surface area contributed by atoms with Gasteiger partial charge in [0, 0.05) is 18.2 Å². The Kier molecular flexibility index (Phi) is 4.12. The van der Waals surface area contributed by atoms with Crippen LogP contribution < -0.4 is 5.32 Å². The second-order valence-electron chi connectivity index (χ2n) is 4.31. The van der Waals surface area contributed by atoms with Crippen molar-refractivity contribution in [2.75, 3.05) is 0 Å². The zero-order valence-corrected chi connectivity index (χ0v) is 10.4. The molecule has 0 saturated heterocycles. The maximum atomic E-state index is 11.8. The first-order valence-corrected chi connectivity index (χ1v) is 6.07. The van der Waals surface area contributed by atoms with E-state index >= 15 is 0 Å². The highest BCUT2D eigenvalue weighted by atomic mass is 16.1. The number of hydrogen-bond acceptors (Lipinski definition) is 2. The van der Waals surface area contributed by atoms with E-state index in [0.29, 0.717) is 6.42 Å². The van der Waals surface area contributed by atoms with Crippen LogP contribution in [0, 0.1) is 0 Å². The molecule has 0 aliphatic carbocycles. The number of nitrogens with zero attached hydrogens (tertiary/aromatic N) is 1. The Morgan fingerprint density at radius 2 is 2.17 bits per heavy atom. The minimum Gasteiger partial charge on any atom is -0.349 e. The van der Waals surface area contributed by atoms with Crippen LogP contribution in [-0.4, -0.2) is 16.1 Å². The average Bonchev–Trinajstić information content (AvgIpc) is 2.91. The van der Waals surface area contributed by atoms with Crippen LogP contribution in [0.1, 0.15) is 30.5 Å². The van der Waals surface area contributed by atoms with Crippen molar-refractivity contribution in [3.63, 3.8) is 0 Å². The molecule has 0 radical (unpaired) electrons. The Balaban J connectivity index is 1.79. The first-order valence-electron chi connectivity index (χ1n) is 6.07. The molecule has 0 bridgehead atoms. The highest BCUT2D eigenvalue weighted by Crippen LogP contribution is 2.10. The van der Waals surface area contributed by atoms with Gasteiger partial charge in [-0.1, -0.05) is 30.3 Å². The summed E-state index contributed by atoms with van der Waals surface area (Å²) < 4.78 is 0. The fraction of sp³-hybridized carbons (Fsp3) is 0.286. The molecule has 1 aromatic carbocycles. The molecule has 2 rings (SSSR count). The van der Waals surface area contributed by atoms with Gasteiger partial charge in [0.05, 0.1) is 12.2 Å². The third-order valence-corrected chi connectivity index (χ3v) is 2.88. The number of carbonyl (C=O) groups is 1. The molecule has 1 unspecified atom stereocenters. The highest BCUT2D eigenvalue weighted by molar-refractivity contribution is 5.76. The summed E-state index contributed by atoms with van der Waals surface area (Å²) in [5.41, 5.74) is 2.17. The van der Waals surface area contributed by atoms with Crippen LogP contribution in [0.3, 0.4) is 0 Å². The standard InChI is InChI=1S/C14H17N3O/c1-11(13-9-15-16-10-13)17-14(18)8-7-12-5-3-2-4-6-12/h2-6,9-11H,7-8H2,1H3,(H,15,16)(H,17,18). The molecule has 0 spiro atoms. The molecule has 2 aromatic rings. The molecule has 0 saturated carbocycles. The molecule has 4 heteroatoms. The van der Waals surface area contributed by atoms with Gasteiger partial charge in [-0.2, -0.15) is 5.10 Å². The van der Waals surface area contributed by atoms with E-state index in [0.717, 1.165) is 12.0 Å². The van der Waals surface area contributed by atoms with E-state index in [1.54, 1.807) is 12.4 Å². The molecule has 1 atom stereocenters. The number of amides is 1. The van der Waals surface area contributed by atoms with Gasteiger partial charge in [0.15, 0.2) is 0 Å². The number of aromatic amines is 1. The van der Waals surface area contributed by atoms with Gasteiger partial charge in [0.25, 0.3) is 0 Å². The third kappa shape index (κ3) is 3.45. The lowest BCUT2D eigenvalue weighted by Gasteiger charge is -2.11. The molecule has 2 N–H and O–H groups in total. The van der Waals surface area contributed by atoms with Gasteiger partial charge in [-0.25, -0.2) is 0 Å². The number of carbonyl (C=O) groups excluding carboxylic acids is 1. The average molecular weight is 243 g/mol. The second kappa shape index (κ2) is 6.00. The van der Waals surface area contributed by atoms with Crippen LogP contribution in [0.25, 0.3) is 0 Å². The largest absolute Gasteiger partial charge is 0.349 e. The van der Waals surface area contributed by atoms with Crippen molar-refractivity contribution in [1.82, 2.24) is 15.5 Å². The fourth-order valence-corrected chi connectivity index (χ4v) is 1.80. The monoisotopic (exact) mass is 243 g/mol. The molecule has 18 heavy (non-hydrogen) atoms. The van der Waals surface area contributed by atoms with Gasteiger partial charge in [0.1, 0.15) is 0 Å². The summed E-state index contributed by atoms with van der Waals surface area (Å²) in [6.45, 7) is 1.95. The van der Waals surface area contributed by atoms with Gasteiger partial charge in [0.2, 0.25) is 5.91 Å². The number of rotatable bonds is 5. The van der Waals surface area contributed by atoms with Gasteiger partial charge in [-0.3, -0.25) is 9.89 Å². The molecule has 1 heterocycles. The van der Waals surface area contributed by atoms with E-state index in [1.165, 1.54) is 5.56 Å². The van der Waals surface area contributed by atoms with E-state index < -0.39 is 0 Å². The molecule has 1 amide bonds. The normalized spacial score (nSPS) is 12.1. The van der Waals surface area contributed by atoms with Crippen molar-refractivity contribution in [2.24, 2.45) is 0 Å². The van der Waals surface area contributed by atoms with Crippen LogP contribution in [0.5, 0.6) is 0 Å². The SMILES string of the molecule is CC(NC(=O)CCc1ccccc1)c1cn[nH]c1. The van der Waals surface area contributed by atoms with Crippen molar-refractivity contribution < 1.29 is 4.79 Å². The Morgan fingerprint density at radius 3 is 2.83 bits per heavy atom. The Morgan fingerprint density at radius 1 is 1.39 bits per heavy atom. The quantitative estimate of drug-likeness (QED) is 0.846. The first-order chi connectivity index (χ1) is 8.75. The summed E-state index contributed by atoms with van der Waals surface area (Å²) in [7, 11) is 0. The van der Waals surface area contributed by atoms with Crippen LogP contribution in [-0.2, 0) is 11.2 Å². The number of benzene rings is 1. The molecule has 94 valence electrons. The molecule has 0 aliphatic rings. The lowest BCUT2D eigenvalue weighted by atomic mass is 10.1. The van der Waals surface area contributed by atoms with Crippen molar-refractivity contribution in [3.05, 3.63) is 53.9 Å². The summed E-state index contributed by atoms with van der Waals surface area (Å²) in [6.07, 6.45) is 4.79. The molecule has 0 fully saturated rings. The molecular formula is C14H17N3O. The maximum absolute atomic E-state index is 11.8. The number of hydrogen-bond donors (Lipinski definition) is 2. The summed E-state index contributed by atoms with van der Waals surface area (Å²) in [4.78, 5) is 11.8. The van der Waals surface area contributed by atoms with Gasteiger partial charge in [-0.05, 0) is 18.9 Å². The zero-order valence-electron chi connectivity index (χ0n) is 10.4. The van der Waals surface area contributed by atoms with E-state index in [-0.39, 0.29) is 11.9 Å². The lowest BCUT2D eigenvalue weighted by molar-refractivity contribution is -0.121. The predicted molar refractivity (Wildman–Crippen MR) is 69.9 cm³/mol. The molecular weight excluding hydrogens is 226 g/mol. The summed E-state index contributed by atoms with van der Waals surface area (Å²) >= 11 is 0. The smallest absolute Gasteiger partial charge is 0.220 e. The Bertz CT molecular complexity index is 479. The fourth-order valence-electron chi connectivity index (χ4n) is 1.80. The van der Waals surface area contributed by atoms with E-state index in [2.05, 4.69) is 15.5 Å².